The van der Waals surface area contributed by atoms with Crippen LogP contribution in [0.2, 0.25) is 0 Å². The van der Waals surface area contributed by atoms with Gasteiger partial charge >= 0.3 is 0 Å². The molecule has 2 N–H and O–H groups in total. The van der Waals surface area contributed by atoms with Crippen LogP contribution in [-0.2, 0) is 18.4 Å². The van der Waals surface area contributed by atoms with Crippen LogP contribution in [0.5, 0.6) is 5.75 Å². The smallest absolute Gasteiger partial charge is 0.229 e. The highest BCUT2D eigenvalue weighted by molar-refractivity contribution is 5.39. The maximum atomic E-state index is 6.59. The van der Waals surface area contributed by atoms with Crippen LogP contribution in [0, 0.1) is 0 Å². The van der Waals surface area contributed by atoms with E-state index in [-0.39, 0.29) is 0 Å². The van der Waals surface area contributed by atoms with Gasteiger partial charge in [0.25, 0.3) is 0 Å². The quantitative estimate of drug-likeness (QED) is 0.936. The molecule has 1 heterocycles. The summed E-state index contributed by atoms with van der Waals surface area (Å²) < 4.78 is 10.7. The molecule has 0 saturated heterocycles. The van der Waals surface area contributed by atoms with Gasteiger partial charge in [0.15, 0.2) is 5.82 Å². The number of nitrogens with two attached hydrogens (primary N) is 1. The number of aryl methyl sites for hydroxylation is 1. The molecule has 1 aromatic carbocycles. The molecule has 0 spiro atoms. The van der Waals surface area contributed by atoms with Crippen LogP contribution < -0.4 is 10.5 Å². The van der Waals surface area contributed by atoms with Crippen molar-refractivity contribution in [2.75, 3.05) is 7.11 Å². The van der Waals surface area contributed by atoms with E-state index in [0.29, 0.717) is 11.7 Å². The summed E-state index contributed by atoms with van der Waals surface area (Å²) in [7, 11) is 1.68. The van der Waals surface area contributed by atoms with E-state index in [1.165, 1.54) is 11.1 Å². The predicted octanol–water partition coefficient (Wildman–Crippen LogP) is 2.30. The zero-order valence-electron chi connectivity index (χ0n) is 12.1. The molecule has 0 bridgehead atoms. The summed E-state index contributed by atoms with van der Waals surface area (Å²) in [4.78, 5) is 4.55. The maximum absolute atomic E-state index is 6.59. The van der Waals surface area contributed by atoms with E-state index in [1.807, 2.05) is 6.07 Å². The Labute approximate surface area is 123 Å². The van der Waals surface area contributed by atoms with Crippen molar-refractivity contribution in [2.24, 2.45) is 5.73 Å². The molecular formula is C16H19N3O2. The lowest BCUT2D eigenvalue weighted by Crippen LogP contribution is -2.43. The highest BCUT2D eigenvalue weighted by Crippen LogP contribution is 2.40. The Morgan fingerprint density at radius 1 is 1.33 bits per heavy atom. The summed E-state index contributed by atoms with van der Waals surface area (Å²) in [5.74, 6) is 2.74. The van der Waals surface area contributed by atoms with Crippen molar-refractivity contribution in [3.05, 3.63) is 41.0 Å². The molecule has 4 rings (SSSR count). The normalized spacial score (nSPS) is 24.7. The third kappa shape index (κ3) is 2.21. The average Bonchev–Trinajstić information content (AvgIpc) is 3.23. The Morgan fingerprint density at radius 3 is 2.95 bits per heavy atom. The van der Waals surface area contributed by atoms with Gasteiger partial charge in [0.1, 0.15) is 5.75 Å². The third-order valence-corrected chi connectivity index (χ3v) is 4.57. The Balaban J connectivity index is 1.65. The van der Waals surface area contributed by atoms with Crippen molar-refractivity contribution >= 4 is 0 Å². The number of nitrogens with zero attached hydrogens (tertiary/aromatic N) is 2. The average molecular weight is 285 g/mol. The molecule has 110 valence electrons. The lowest BCUT2D eigenvalue weighted by Gasteiger charge is -2.32. The minimum absolute atomic E-state index is 0.464. The number of rotatable bonds is 3. The summed E-state index contributed by atoms with van der Waals surface area (Å²) in [5, 5.41) is 4.15. The van der Waals surface area contributed by atoms with Crippen LogP contribution in [0.1, 0.15) is 48.0 Å². The number of benzene rings is 1. The first-order chi connectivity index (χ1) is 10.2. The molecule has 1 unspecified atom stereocenters. The molecular weight excluding hydrogens is 266 g/mol. The van der Waals surface area contributed by atoms with Gasteiger partial charge in [-0.3, -0.25) is 0 Å². The van der Waals surface area contributed by atoms with Crippen molar-refractivity contribution in [1.82, 2.24) is 10.1 Å². The fourth-order valence-electron chi connectivity index (χ4n) is 3.05. The number of hydrogen-bond donors (Lipinski definition) is 1. The van der Waals surface area contributed by atoms with Crippen molar-refractivity contribution < 1.29 is 9.26 Å². The number of methoxy groups -OCH3 is 1. The molecule has 5 nitrogen and oxygen atoms in total. The summed E-state index contributed by atoms with van der Waals surface area (Å²) in [6, 6.07) is 6.19. The second-order valence-electron chi connectivity index (χ2n) is 6.20. The van der Waals surface area contributed by atoms with E-state index in [2.05, 4.69) is 22.3 Å². The van der Waals surface area contributed by atoms with Gasteiger partial charge in [-0.2, -0.15) is 4.98 Å². The summed E-state index contributed by atoms with van der Waals surface area (Å²) in [6.07, 6.45) is 4.81. The van der Waals surface area contributed by atoms with E-state index in [1.54, 1.807) is 7.11 Å². The molecule has 1 aromatic heterocycles. The zero-order valence-corrected chi connectivity index (χ0v) is 12.1. The summed E-state index contributed by atoms with van der Waals surface area (Å²) in [5.41, 5.74) is 8.62. The Hall–Kier alpha value is -1.88. The molecule has 1 saturated carbocycles. The Morgan fingerprint density at radius 2 is 2.19 bits per heavy atom. The maximum Gasteiger partial charge on any atom is 0.229 e. The van der Waals surface area contributed by atoms with Gasteiger partial charge in [0.05, 0.1) is 12.6 Å². The van der Waals surface area contributed by atoms with Gasteiger partial charge in [0, 0.05) is 5.92 Å². The zero-order chi connectivity index (χ0) is 14.4. The van der Waals surface area contributed by atoms with Gasteiger partial charge in [-0.05, 0) is 55.4 Å². The van der Waals surface area contributed by atoms with Crippen LogP contribution in [0.25, 0.3) is 0 Å². The number of hydrogen-bond acceptors (Lipinski definition) is 5. The molecule has 21 heavy (non-hydrogen) atoms. The Kier molecular flexibility index (Phi) is 2.79. The van der Waals surface area contributed by atoms with Gasteiger partial charge in [0.2, 0.25) is 5.89 Å². The molecule has 1 atom stereocenters. The molecule has 0 radical (unpaired) electrons. The topological polar surface area (TPSA) is 74.2 Å². The molecule has 2 aromatic rings. The minimum Gasteiger partial charge on any atom is -0.497 e. The van der Waals surface area contributed by atoms with Crippen molar-refractivity contribution in [3.8, 4) is 5.75 Å². The molecule has 0 amide bonds. The standard InChI is InChI=1S/C16H19N3O2/c1-20-13-5-4-10-6-7-16(17,9-12(10)8-13)15-18-14(21-19-15)11-2-3-11/h4-5,8,11H,2-3,6-7,9,17H2,1H3. The van der Waals surface area contributed by atoms with Crippen LogP contribution in [0.15, 0.2) is 22.7 Å². The van der Waals surface area contributed by atoms with Crippen LogP contribution in [0.4, 0.5) is 0 Å². The number of ether oxygens (including phenoxy) is 1. The molecule has 2 aliphatic carbocycles. The van der Waals surface area contributed by atoms with E-state index in [9.17, 15) is 0 Å². The van der Waals surface area contributed by atoms with Crippen molar-refractivity contribution in [2.45, 2.75) is 43.6 Å². The van der Waals surface area contributed by atoms with E-state index in [4.69, 9.17) is 15.0 Å². The van der Waals surface area contributed by atoms with Crippen molar-refractivity contribution in [1.29, 1.82) is 0 Å². The lowest BCUT2D eigenvalue weighted by molar-refractivity contribution is 0.324. The minimum atomic E-state index is -0.532. The van der Waals surface area contributed by atoms with Gasteiger partial charge < -0.3 is 15.0 Å². The van der Waals surface area contributed by atoms with E-state index >= 15 is 0 Å². The molecule has 0 aliphatic heterocycles. The first-order valence-electron chi connectivity index (χ1n) is 7.47. The Bertz CT molecular complexity index is 678. The van der Waals surface area contributed by atoms with Crippen LogP contribution >= 0.6 is 0 Å². The number of aromatic nitrogens is 2. The first kappa shape index (κ1) is 12.8. The largest absolute Gasteiger partial charge is 0.497 e. The highest BCUT2D eigenvalue weighted by Gasteiger charge is 2.38. The van der Waals surface area contributed by atoms with E-state index in [0.717, 1.165) is 43.7 Å². The van der Waals surface area contributed by atoms with E-state index < -0.39 is 5.54 Å². The predicted molar refractivity (Wildman–Crippen MR) is 77.2 cm³/mol. The SMILES string of the molecule is COc1ccc2c(c1)CC(N)(c1noc(C3CC3)n1)CC2. The molecule has 5 heteroatoms. The van der Waals surface area contributed by atoms with Gasteiger partial charge in [-0.1, -0.05) is 11.2 Å². The van der Waals surface area contributed by atoms with Gasteiger partial charge in [-0.25, -0.2) is 0 Å². The van der Waals surface area contributed by atoms with Gasteiger partial charge in [-0.15, -0.1) is 0 Å². The highest BCUT2D eigenvalue weighted by atomic mass is 16.5. The summed E-state index contributed by atoms with van der Waals surface area (Å²) in [6.45, 7) is 0. The second-order valence-corrected chi connectivity index (χ2v) is 6.20. The fraction of sp³-hybridized carbons (Fsp3) is 0.500. The summed E-state index contributed by atoms with van der Waals surface area (Å²) >= 11 is 0. The van der Waals surface area contributed by atoms with Crippen molar-refractivity contribution in [3.63, 3.8) is 0 Å². The second kappa shape index (κ2) is 4.56. The first-order valence-corrected chi connectivity index (χ1v) is 7.47. The molecule has 2 aliphatic rings. The third-order valence-electron chi connectivity index (χ3n) is 4.57. The lowest BCUT2D eigenvalue weighted by atomic mass is 9.78. The van der Waals surface area contributed by atoms with Crippen LogP contribution in [0.3, 0.4) is 0 Å². The molecule has 1 fully saturated rings. The number of fused-ring (bicyclic) bond motifs is 1. The monoisotopic (exact) mass is 285 g/mol. The fourth-order valence-corrected chi connectivity index (χ4v) is 3.05. The van der Waals surface area contributed by atoms with Crippen LogP contribution in [-0.4, -0.2) is 17.3 Å².